The third kappa shape index (κ3) is 7.00. The van der Waals surface area contributed by atoms with Gasteiger partial charge in [0.2, 0.25) is 0 Å². The van der Waals surface area contributed by atoms with Gasteiger partial charge >= 0.3 is 12.1 Å². The number of carbonyl (C=O) groups excluding carboxylic acids is 3. The molecule has 1 aromatic heterocycles. The number of benzene rings is 2. The molecule has 3 saturated heterocycles. The van der Waals surface area contributed by atoms with E-state index in [9.17, 15) is 14.4 Å². The Morgan fingerprint density at radius 2 is 1.65 bits per heavy atom. The van der Waals surface area contributed by atoms with Crippen molar-refractivity contribution >= 4 is 34.8 Å². The molecule has 0 radical (unpaired) electrons. The molecule has 256 valence electrons. The number of H-pyrrole nitrogens is 1. The van der Waals surface area contributed by atoms with Gasteiger partial charge in [-0.25, -0.2) is 14.6 Å². The molecule has 4 aliphatic heterocycles. The van der Waals surface area contributed by atoms with Crippen LogP contribution in [0, 0.1) is 6.92 Å². The number of piperazine rings is 1. The highest BCUT2D eigenvalue weighted by Crippen LogP contribution is 2.26. The minimum absolute atomic E-state index is 0.0331. The van der Waals surface area contributed by atoms with Crippen molar-refractivity contribution in [3.8, 4) is 0 Å². The Kier molecular flexibility index (Phi) is 9.54. The molecule has 0 aliphatic carbocycles. The standard InChI is InChI=1S/C36H48N8O4/c1-25-21-26(22-31-33(25)38-24-37-31)23-32(34(45)42-19-17-41(18-20-42)28-8-12-40(2)13-9-28)48-36(47)43-14-10-29(11-15-43)44-16-7-27-5-3-4-6-30(27)39-35(44)46/h3-6,21-22,24,28-29,32H,7-20,23H2,1-2H3,(H,37,38)(H,39,46)/t32-/m1/s1. The topological polar surface area (TPSA) is 117 Å². The zero-order valence-electron chi connectivity index (χ0n) is 28.2. The van der Waals surface area contributed by atoms with Gasteiger partial charge in [-0.05, 0) is 88.0 Å². The number of imidazole rings is 1. The van der Waals surface area contributed by atoms with E-state index < -0.39 is 12.2 Å². The highest BCUT2D eigenvalue weighted by atomic mass is 16.6. The van der Waals surface area contributed by atoms with E-state index in [-0.39, 0.29) is 18.0 Å². The van der Waals surface area contributed by atoms with E-state index in [0.29, 0.717) is 58.0 Å². The van der Waals surface area contributed by atoms with Crippen molar-refractivity contribution in [3.05, 3.63) is 59.4 Å². The number of piperidine rings is 2. The van der Waals surface area contributed by atoms with E-state index >= 15 is 0 Å². The van der Waals surface area contributed by atoms with Crippen LogP contribution < -0.4 is 5.32 Å². The Bertz CT molecular complexity index is 1620. The number of aromatic amines is 1. The second-order valence-corrected chi connectivity index (χ2v) is 13.9. The summed E-state index contributed by atoms with van der Waals surface area (Å²) in [5.41, 5.74) is 5.73. The fraction of sp³-hybridized carbons (Fsp3) is 0.556. The van der Waals surface area contributed by atoms with Crippen LogP contribution in [0.15, 0.2) is 42.7 Å². The van der Waals surface area contributed by atoms with E-state index in [1.54, 1.807) is 11.2 Å². The number of hydrogen-bond acceptors (Lipinski definition) is 7. The monoisotopic (exact) mass is 656 g/mol. The van der Waals surface area contributed by atoms with Crippen LogP contribution in [-0.2, 0) is 22.4 Å². The van der Waals surface area contributed by atoms with Gasteiger partial charge in [0, 0.05) is 70.0 Å². The number of para-hydroxylation sites is 1. The molecule has 0 saturated carbocycles. The molecular formula is C36H48N8O4. The van der Waals surface area contributed by atoms with E-state index in [0.717, 1.165) is 78.9 Å². The molecule has 5 heterocycles. The number of rotatable bonds is 6. The van der Waals surface area contributed by atoms with Crippen LogP contribution in [0.25, 0.3) is 11.0 Å². The zero-order chi connectivity index (χ0) is 33.2. The van der Waals surface area contributed by atoms with Gasteiger partial charge in [-0.15, -0.1) is 0 Å². The van der Waals surface area contributed by atoms with Gasteiger partial charge in [0.15, 0.2) is 6.10 Å². The van der Waals surface area contributed by atoms with Crippen molar-refractivity contribution in [1.29, 1.82) is 0 Å². The summed E-state index contributed by atoms with van der Waals surface area (Å²) in [5, 5.41) is 3.06. The largest absolute Gasteiger partial charge is 0.436 e. The minimum atomic E-state index is -0.931. The molecule has 3 fully saturated rings. The Morgan fingerprint density at radius 1 is 0.917 bits per heavy atom. The Labute approximate surface area is 282 Å². The Hall–Kier alpha value is -4.16. The molecule has 0 spiro atoms. The molecule has 2 N–H and O–H groups in total. The lowest BCUT2D eigenvalue weighted by Gasteiger charge is -2.42. The molecule has 48 heavy (non-hydrogen) atoms. The fourth-order valence-corrected chi connectivity index (χ4v) is 7.98. The second kappa shape index (κ2) is 14.1. The van der Waals surface area contributed by atoms with E-state index in [1.165, 1.54) is 0 Å². The van der Waals surface area contributed by atoms with Crippen LogP contribution in [0.1, 0.15) is 42.4 Å². The third-order valence-electron chi connectivity index (χ3n) is 10.8. The molecule has 0 unspecified atom stereocenters. The first-order valence-corrected chi connectivity index (χ1v) is 17.6. The van der Waals surface area contributed by atoms with Gasteiger partial charge in [-0.2, -0.15) is 0 Å². The van der Waals surface area contributed by atoms with Gasteiger partial charge in [0.1, 0.15) is 0 Å². The molecule has 2 aromatic carbocycles. The van der Waals surface area contributed by atoms with Crippen molar-refractivity contribution in [1.82, 2.24) is 34.5 Å². The van der Waals surface area contributed by atoms with Crippen molar-refractivity contribution in [2.75, 3.05) is 71.3 Å². The van der Waals surface area contributed by atoms with Crippen molar-refractivity contribution in [2.24, 2.45) is 0 Å². The van der Waals surface area contributed by atoms with E-state index in [2.05, 4.69) is 38.2 Å². The fourth-order valence-electron chi connectivity index (χ4n) is 7.98. The maximum Gasteiger partial charge on any atom is 0.410 e. The number of aromatic nitrogens is 2. The summed E-state index contributed by atoms with van der Waals surface area (Å²) < 4.78 is 6.12. The first-order valence-electron chi connectivity index (χ1n) is 17.6. The summed E-state index contributed by atoms with van der Waals surface area (Å²) in [4.78, 5) is 58.9. The average Bonchev–Trinajstić information content (AvgIpc) is 3.52. The first kappa shape index (κ1) is 32.4. The van der Waals surface area contributed by atoms with Crippen LogP contribution >= 0.6 is 0 Å². The lowest BCUT2D eigenvalue weighted by Crippen LogP contribution is -2.56. The lowest BCUT2D eigenvalue weighted by atomic mass is 10.0. The van der Waals surface area contributed by atoms with Crippen LogP contribution in [0.2, 0.25) is 0 Å². The highest BCUT2D eigenvalue weighted by molar-refractivity contribution is 5.91. The predicted molar refractivity (Wildman–Crippen MR) is 184 cm³/mol. The number of nitrogens with zero attached hydrogens (tertiary/aromatic N) is 6. The average molecular weight is 657 g/mol. The number of hydrogen-bond donors (Lipinski definition) is 2. The number of anilines is 1. The molecule has 12 heteroatoms. The summed E-state index contributed by atoms with van der Waals surface area (Å²) in [7, 11) is 2.18. The number of carbonyl (C=O) groups is 3. The molecule has 4 aliphatic rings. The first-order chi connectivity index (χ1) is 23.3. The lowest BCUT2D eigenvalue weighted by molar-refractivity contribution is -0.143. The van der Waals surface area contributed by atoms with Gasteiger partial charge in [0.05, 0.1) is 17.4 Å². The zero-order valence-corrected chi connectivity index (χ0v) is 28.2. The van der Waals surface area contributed by atoms with E-state index in [1.807, 2.05) is 47.1 Å². The van der Waals surface area contributed by atoms with Gasteiger partial charge in [-0.1, -0.05) is 24.3 Å². The molecular weight excluding hydrogens is 608 g/mol. The van der Waals surface area contributed by atoms with Crippen molar-refractivity contribution in [3.63, 3.8) is 0 Å². The number of likely N-dealkylation sites (tertiary alicyclic amines) is 2. The van der Waals surface area contributed by atoms with Crippen LogP contribution in [-0.4, -0.2) is 137 Å². The molecule has 12 nitrogen and oxygen atoms in total. The number of ether oxygens (including phenoxy) is 1. The molecule has 0 bridgehead atoms. The second-order valence-electron chi connectivity index (χ2n) is 13.9. The molecule has 7 rings (SSSR count). The summed E-state index contributed by atoms with van der Waals surface area (Å²) in [6.45, 7) is 8.73. The number of amides is 4. The molecule has 3 aromatic rings. The number of aryl methyl sites for hydroxylation is 1. The Morgan fingerprint density at radius 3 is 2.42 bits per heavy atom. The van der Waals surface area contributed by atoms with Gasteiger partial charge in [0.25, 0.3) is 5.91 Å². The third-order valence-corrected chi connectivity index (χ3v) is 10.8. The van der Waals surface area contributed by atoms with Crippen molar-refractivity contribution in [2.45, 2.75) is 63.6 Å². The summed E-state index contributed by atoms with van der Waals surface area (Å²) in [6.07, 6.45) is 4.99. The van der Waals surface area contributed by atoms with Crippen LogP contribution in [0.3, 0.4) is 0 Å². The number of fused-ring (bicyclic) bond motifs is 2. The Balaban J connectivity index is 0.996. The van der Waals surface area contributed by atoms with Crippen LogP contribution in [0.4, 0.5) is 15.3 Å². The number of urea groups is 1. The van der Waals surface area contributed by atoms with Gasteiger partial charge < -0.3 is 34.6 Å². The molecule has 4 amide bonds. The minimum Gasteiger partial charge on any atom is -0.436 e. The van der Waals surface area contributed by atoms with Crippen LogP contribution in [0.5, 0.6) is 0 Å². The maximum absolute atomic E-state index is 14.1. The maximum atomic E-state index is 14.1. The summed E-state index contributed by atoms with van der Waals surface area (Å²) in [6, 6.07) is 12.5. The summed E-state index contributed by atoms with van der Waals surface area (Å²) in [5.74, 6) is -0.135. The van der Waals surface area contributed by atoms with Crippen molar-refractivity contribution < 1.29 is 19.1 Å². The quantitative estimate of drug-likeness (QED) is 0.416. The van der Waals surface area contributed by atoms with Gasteiger partial charge in [-0.3, -0.25) is 9.69 Å². The normalized spacial score (nSPS) is 21.1. The van der Waals surface area contributed by atoms with E-state index in [4.69, 9.17) is 4.74 Å². The number of nitrogens with one attached hydrogen (secondary N) is 2. The smallest absolute Gasteiger partial charge is 0.410 e. The summed E-state index contributed by atoms with van der Waals surface area (Å²) >= 11 is 0. The highest BCUT2D eigenvalue weighted by Gasteiger charge is 2.36. The predicted octanol–water partition coefficient (Wildman–Crippen LogP) is 3.71. The molecule has 1 atom stereocenters. The SMILES string of the molecule is Cc1cc(C[C@@H](OC(=O)N2CCC(N3CCc4ccccc4NC3=O)CC2)C(=O)N2CCN(C3CCN(C)CC3)CC2)cc2[nH]cnc12.